The van der Waals surface area contributed by atoms with Crippen molar-refractivity contribution in [3.05, 3.63) is 68.7 Å². The Morgan fingerprint density at radius 1 is 1.00 bits per heavy atom. The van der Waals surface area contributed by atoms with E-state index in [1.165, 1.54) is 0 Å². The summed E-state index contributed by atoms with van der Waals surface area (Å²) >= 11 is 18.1. The van der Waals surface area contributed by atoms with Crippen molar-refractivity contribution >= 4 is 44.9 Å². The summed E-state index contributed by atoms with van der Waals surface area (Å²) in [6.07, 6.45) is 1.59. The van der Waals surface area contributed by atoms with Gasteiger partial charge in [-0.2, -0.15) is 8.42 Å². The van der Waals surface area contributed by atoms with Crippen LogP contribution in [-0.4, -0.2) is 21.3 Å². The second-order valence-electron chi connectivity index (χ2n) is 5.18. The summed E-state index contributed by atoms with van der Waals surface area (Å²) in [6.45, 7) is 0.00279. The second-order valence-corrected chi connectivity index (χ2v) is 8.11. The molecule has 1 atom stereocenters. The Bertz CT molecular complexity index is 774. The van der Waals surface area contributed by atoms with Crippen molar-refractivity contribution in [3.63, 3.8) is 0 Å². The maximum atomic E-state index is 11.3. The fourth-order valence-corrected chi connectivity index (χ4v) is 3.30. The van der Waals surface area contributed by atoms with E-state index in [-0.39, 0.29) is 12.5 Å². The first-order valence-corrected chi connectivity index (χ1v) is 9.73. The molecule has 0 saturated carbocycles. The summed E-state index contributed by atoms with van der Waals surface area (Å²) in [5, 5.41) is 1.64. The molecule has 0 aliphatic rings. The van der Waals surface area contributed by atoms with Crippen LogP contribution in [0.15, 0.2) is 42.5 Å². The Labute approximate surface area is 151 Å². The summed E-state index contributed by atoms with van der Waals surface area (Å²) in [7, 11) is -3.54. The van der Waals surface area contributed by atoms with Gasteiger partial charge < -0.3 is 0 Å². The highest BCUT2D eigenvalue weighted by atomic mass is 35.5. The van der Waals surface area contributed by atoms with Crippen LogP contribution in [0.3, 0.4) is 0 Å². The molecule has 0 spiro atoms. The van der Waals surface area contributed by atoms with Gasteiger partial charge >= 0.3 is 0 Å². The van der Waals surface area contributed by atoms with Gasteiger partial charge in [-0.25, -0.2) is 0 Å². The van der Waals surface area contributed by atoms with E-state index in [2.05, 4.69) is 0 Å². The van der Waals surface area contributed by atoms with Crippen molar-refractivity contribution in [1.82, 2.24) is 0 Å². The smallest absolute Gasteiger partial charge is 0.264 e. The Morgan fingerprint density at radius 2 is 1.61 bits per heavy atom. The first kappa shape index (κ1) is 18.6. The van der Waals surface area contributed by atoms with Gasteiger partial charge in [0.05, 0.1) is 12.9 Å². The quantitative estimate of drug-likeness (QED) is 0.652. The largest absolute Gasteiger partial charge is 0.270 e. The van der Waals surface area contributed by atoms with Crippen LogP contribution in [0.2, 0.25) is 15.1 Å². The van der Waals surface area contributed by atoms with Gasteiger partial charge in [0.2, 0.25) is 0 Å². The zero-order valence-electron chi connectivity index (χ0n) is 12.3. The number of benzene rings is 2. The molecule has 0 aliphatic heterocycles. The van der Waals surface area contributed by atoms with Gasteiger partial charge in [-0.3, -0.25) is 4.18 Å². The van der Waals surface area contributed by atoms with Gasteiger partial charge in [0.1, 0.15) is 0 Å². The van der Waals surface area contributed by atoms with E-state index in [1.807, 2.05) is 12.1 Å². The van der Waals surface area contributed by atoms with E-state index in [0.717, 1.165) is 17.4 Å². The molecule has 3 nitrogen and oxygen atoms in total. The normalized spacial score (nSPS) is 13.0. The van der Waals surface area contributed by atoms with Crippen molar-refractivity contribution in [2.24, 2.45) is 0 Å². The van der Waals surface area contributed by atoms with Gasteiger partial charge in [-0.15, -0.1) is 0 Å². The highest BCUT2D eigenvalue weighted by molar-refractivity contribution is 7.85. The Hall–Kier alpha value is -0.780. The lowest BCUT2D eigenvalue weighted by Gasteiger charge is -2.18. The summed E-state index contributed by atoms with van der Waals surface area (Å²) in [5.41, 5.74) is 1.79. The molecule has 0 fully saturated rings. The first-order chi connectivity index (χ1) is 10.7. The lowest BCUT2D eigenvalue weighted by molar-refractivity contribution is 0.293. The zero-order valence-corrected chi connectivity index (χ0v) is 15.4. The minimum absolute atomic E-state index is 0.00279. The Balaban J connectivity index is 2.28. The lowest BCUT2D eigenvalue weighted by Crippen LogP contribution is -2.15. The lowest BCUT2D eigenvalue weighted by atomic mass is 9.92. The molecular weight excluding hydrogens is 379 g/mol. The van der Waals surface area contributed by atoms with Gasteiger partial charge in [-0.05, 0) is 41.8 Å². The molecule has 0 bridgehead atoms. The molecule has 0 radical (unpaired) electrons. The SMILES string of the molecule is CS(=O)(=O)OC[C@H](Cc1ccc(Cl)cc1)c1ccc(Cl)cc1Cl. The fraction of sp³-hybridized carbons (Fsp3) is 0.250. The van der Waals surface area contributed by atoms with E-state index in [4.69, 9.17) is 39.0 Å². The highest BCUT2D eigenvalue weighted by Gasteiger charge is 2.18. The van der Waals surface area contributed by atoms with Crippen molar-refractivity contribution < 1.29 is 12.6 Å². The third kappa shape index (κ3) is 5.98. The van der Waals surface area contributed by atoms with Gasteiger partial charge in [0.25, 0.3) is 10.1 Å². The standard InChI is InChI=1S/C16H15Cl3O3S/c1-23(20,21)22-10-12(8-11-2-4-13(17)5-3-11)15-7-6-14(18)9-16(15)19/h2-7,9,12H,8,10H2,1H3/t12-/m0/s1. The predicted molar refractivity (Wildman–Crippen MR) is 95.2 cm³/mol. The van der Waals surface area contributed by atoms with E-state index in [0.29, 0.717) is 21.5 Å². The number of hydrogen-bond donors (Lipinski definition) is 0. The summed E-state index contributed by atoms with van der Waals surface area (Å²) in [5.74, 6) is -0.226. The van der Waals surface area contributed by atoms with Crippen molar-refractivity contribution in [1.29, 1.82) is 0 Å². The number of rotatable bonds is 6. The topological polar surface area (TPSA) is 43.4 Å². The number of hydrogen-bond acceptors (Lipinski definition) is 3. The molecule has 0 aromatic heterocycles. The highest BCUT2D eigenvalue weighted by Crippen LogP contribution is 2.31. The zero-order chi connectivity index (χ0) is 17.0. The number of halogens is 3. The van der Waals surface area contributed by atoms with Crippen LogP contribution in [0.5, 0.6) is 0 Å². The molecule has 0 heterocycles. The van der Waals surface area contributed by atoms with Crippen molar-refractivity contribution in [2.45, 2.75) is 12.3 Å². The molecular formula is C16H15Cl3O3S. The minimum Gasteiger partial charge on any atom is -0.270 e. The Kier molecular flexibility index (Phi) is 6.34. The monoisotopic (exact) mass is 392 g/mol. The summed E-state index contributed by atoms with van der Waals surface area (Å²) in [6, 6.07) is 12.5. The molecule has 0 amide bonds. The van der Waals surface area contributed by atoms with E-state index < -0.39 is 10.1 Å². The maximum Gasteiger partial charge on any atom is 0.264 e. The molecule has 2 aromatic rings. The molecule has 23 heavy (non-hydrogen) atoms. The van der Waals surface area contributed by atoms with E-state index in [9.17, 15) is 8.42 Å². The predicted octanol–water partition coefficient (Wildman–Crippen LogP) is 4.95. The molecule has 124 valence electrons. The third-order valence-electron chi connectivity index (χ3n) is 3.28. The van der Waals surface area contributed by atoms with Crippen LogP contribution < -0.4 is 0 Å². The van der Waals surface area contributed by atoms with Crippen molar-refractivity contribution in [2.75, 3.05) is 12.9 Å². The van der Waals surface area contributed by atoms with E-state index >= 15 is 0 Å². The Morgan fingerprint density at radius 3 is 2.17 bits per heavy atom. The first-order valence-electron chi connectivity index (χ1n) is 6.78. The van der Waals surface area contributed by atoms with Crippen molar-refractivity contribution in [3.8, 4) is 0 Å². The summed E-state index contributed by atoms with van der Waals surface area (Å²) < 4.78 is 27.6. The molecule has 0 N–H and O–H groups in total. The molecule has 7 heteroatoms. The average Bonchev–Trinajstić information content (AvgIpc) is 2.45. The molecule has 0 saturated heterocycles. The van der Waals surface area contributed by atoms with Crippen LogP contribution in [0.1, 0.15) is 17.0 Å². The van der Waals surface area contributed by atoms with Crippen LogP contribution in [0.4, 0.5) is 0 Å². The fourth-order valence-electron chi connectivity index (χ4n) is 2.20. The van der Waals surface area contributed by atoms with Gasteiger partial charge in [-0.1, -0.05) is 53.0 Å². The summed E-state index contributed by atoms with van der Waals surface area (Å²) in [4.78, 5) is 0. The minimum atomic E-state index is -3.54. The molecule has 2 rings (SSSR count). The third-order valence-corrected chi connectivity index (χ3v) is 4.66. The van der Waals surface area contributed by atoms with Crippen LogP contribution in [-0.2, 0) is 20.7 Å². The average molecular weight is 394 g/mol. The van der Waals surface area contributed by atoms with Crippen LogP contribution in [0.25, 0.3) is 0 Å². The van der Waals surface area contributed by atoms with Gasteiger partial charge in [0, 0.05) is 21.0 Å². The molecule has 0 aliphatic carbocycles. The van der Waals surface area contributed by atoms with Gasteiger partial charge in [0.15, 0.2) is 0 Å². The van der Waals surface area contributed by atoms with Crippen LogP contribution in [0, 0.1) is 0 Å². The molecule has 0 unspecified atom stereocenters. The molecule has 2 aromatic carbocycles. The van der Waals surface area contributed by atoms with Crippen LogP contribution >= 0.6 is 34.8 Å². The maximum absolute atomic E-state index is 11.3. The second kappa shape index (κ2) is 7.86. The van der Waals surface area contributed by atoms with E-state index in [1.54, 1.807) is 30.3 Å².